The maximum atomic E-state index is 9.83. The molecule has 0 amide bonds. The first-order chi connectivity index (χ1) is 7.60. The van der Waals surface area contributed by atoms with E-state index in [1.54, 1.807) is 7.11 Å². The Morgan fingerprint density at radius 2 is 2.06 bits per heavy atom. The molecule has 3 nitrogen and oxygen atoms in total. The molecule has 0 unspecified atom stereocenters. The van der Waals surface area contributed by atoms with E-state index in [-0.39, 0.29) is 18.4 Å². The Balaban J connectivity index is 0.00000256. The minimum absolute atomic E-state index is 0. The highest BCUT2D eigenvalue weighted by atomic mass is 35.5. The van der Waals surface area contributed by atoms with E-state index < -0.39 is 6.10 Å². The summed E-state index contributed by atoms with van der Waals surface area (Å²) in [6.45, 7) is 4.01. The minimum atomic E-state index is -0.474. The Labute approximate surface area is 109 Å². The lowest BCUT2D eigenvalue weighted by Gasteiger charge is -2.19. The number of aliphatic hydroxyl groups excluding tert-OH is 1. The highest BCUT2D eigenvalue weighted by Gasteiger charge is 2.16. The van der Waals surface area contributed by atoms with Gasteiger partial charge in [0, 0.05) is 0 Å². The van der Waals surface area contributed by atoms with Crippen LogP contribution in [0, 0.1) is 6.92 Å². The third kappa shape index (κ3) is 4.19. The fraction of sp³-hybridized carbons (Fsp3) is 0.538. The normalized spacial score (nSPS) is 13.7. The molecule has 0 aliphatic rings. The molecule has 1 aromatic carbocycles. The van der Waals surface area contributed by atoms with E-state index in [9.17, 15) is 5.11 Å². The van der Waals surface area contributed by atoms with Gasteiger partial charge in [0.05, 0.1) is 19.3 Å². The average Bonchev–Trinajstić information content (AvgIpc) is 2.28. The molecule has 1 rings (SSSR count). The molecule has 0 spiro atoms. The van der Waals surface area contributed by atoms with Gasteiger partial charge in [0.2, 0.25) is 0 Å². The summed E-state index contributed by atoms with van der Waals surface area (Å²) in [4.78, 5) is 0. The number of aliphatic hydroxyl groups is 1. The van der Waals surface area contributed by atoms with Crippen molar-refractivity contribution in [3.05, 3.63) is 29.3 Å². The van der Waals surface area contributed by atoms with Crippen LogP contribution in [0.2, 0.25) is 0 Å². The van der Waals surface area contributed by atoms with Crippen LogP contribution < -0.4 is 10.5 Å². The number of rotatable bonds is 5. The monoisotopic (exact) mass is 259 g/mol. The smallest absolute Gasteiger partial charge is 0.121 e. The molecule has 4 heteroatoms. The molecule has 2 atom stereocenters. The number of hydrogen-bond donors (Lipinski definition) is 2. The van der Waals surface area contributed by atoms with E-state index in [0.29, 0.717) is 0 Å². The Hall–Kier alpha value is -0.770. The second-order valence-corrected chi connectivity index (χ2v) is 4.11. The van der Waals surface area contributed by atoms with E-state index in [1.165, 1.54) is 0 Å². The zero-order chi connectivity index (χ0) is 12.1. The molecule has 0 bridgehead atoms. The van der Waals surface area contributed by atoms with E-state index in [1.807, 2.05) is 32.0 Å². The van der Waals surface area contributed by atoms with Crippen molar-refractivity contribution in [1.82, 2.24) is 0 Å². The molecule has 98 valence electrons. The van der Waals surface area contributed by atoms with Crippen molar-refractivity contribution < 1.29 is 9.84 Å². The van der Waals surface area contributed by atoms with Crippen LogP contribution in [-0.4, -0.2) is 18.3 Å². The van der Waals surface area contributed by atoms with Gasteiger partial charge in [-0.2, -0.15) is 0 Å². The predicted octanol–water partition coefficient (Wildman–Crippen LogP) is 2.59. The van der Waals surface area contributed by atoms with Gasteiger partial charge in [-0.25, -0.2) is 0 Å². The second-order valence-electron chi connectivity index (χ2n) is 4.11. The van der Waals surface area contributed by atoms with Crippen molar-refractivity contribution in [1.29, 1.82) is 0 Å². The third-order valence-electron chi connectivity index (χ3n) is 2.80. The number of methoxy groups -OCH3 is 1. The number of halogens is 1. The van der Waals surface area contributed by atoms with Crippen LogP contribution in [0.25, 0.3) is 0 Å². The fourth-order valence-electron chi connectivity index (χ4n) is 1.81. The summed E-state index contributed by atoms with van der Waals surface area (Å²) in [5, 5.41) is 9.83. The van der Waals surface area contributed by atoms with Gasteiger partial charge in [-0.3, -0.25) is 0 Å². The first-order valence-corrected chi connectivity index (χ1v) is 5.68. The van der Waals surface area contributed by atoms with E-state index in [4.69, 9.17) is 10.5 Å². The van der Waals surface area contributed by atoms with Gasteiger partial charge < -0.3 is 15.6 Å². The van der Waals surface area contributed by atoms with Crippen molar-refractivity contribution in [2.24, 2.45) is 5.73 Å². The molecule has 3 N–H and O–H groups in total. The van der Waals surface area contributed by atoms with Crippen LogP contribution in [0.1, 0.15) is 36.9 Å². The van der Waals surface area contributed by atoms with Gasteiger partial charge >= 0.3 is 0 Å². The quantitative estimate of drug-likeness (QED) is 0.855. The number of benzene rings is 1. The Kier molecular flexibility index (Phi) is 7.19. The molecule has 0 aliphatic heterocycles. The van der Waals surface area contributed by atoms with Crippen molar-refractivity contribution >= 4 is 12.4 Å². The first-order valence-electron chi connectivity index (χ1n) is 5.68. The standard InChI is InChI=1S/C13H21NO2.ClH/c1-4-5-11(15)13(14)10-6-7-12(16-3)9(2)8-10;/h6-8,11,13,15H,4-5,14H2,1-3H3;1H/t11-,13+;/m0./s1. The zero-order valence-corrected chi connectivity index (χ0v) is 11.5. The largest absolute Gasteiger partial charge is 0.496 e. The zero-order valence-electron chi connectivity index (χ0n) is 10.6. The van der Waals surface area contributed by atoms with E-state index in [0.717, 1.165) is 29.7 Å². The number of hydrogen-bond acceptors (Lipinski definition) is 3. The molecular weight excluding hydrogens is 238 g/mol. The van der Waals surface area contributed by atoms with Gasteiger partial charge in [-0.1, -0.05) is 25.5 Å². The number of nitrogens with two attached hydrogens (primary N) is 1. The van der Waals surface area contributed by atoms with Crippen molar-refractivity contribution in [2.75, 3.05) is 7.11 Å². The van der Waals surface area contributed by atoms with Crippen LogP contribution >= 0.6 is 12.4 Å². The number of ether oxygens (including phenoxy) is 1. The molecular formula is C13H22ClNO2. The van der Waals surface area contributed by atoms with Gasteiger partial charge in [-0.05, 0) is 30.5 Å². The highest BCUT2D eigenvalue weighted by Crippen LogP contribution is 2.24. The van der Waals surface area contributed by atoms with Gasteiger partial charge in [-0.15, -0.1) is 12.4 Å². The van der Waals surface area contributed by atoms with E-state index >= 15 is 0 Å². The maximum Gasteiger partial charge on any atom is 0.121 e. The van der Waals surface area contributed by atoms with Gasteiger partial charge in [0.1, 0.15) is 5.75 Å². The molecule has 0 radical (unpaired) electrons. The average molecular weight is 260 g/mol. The van der Waals surface area contributed by atoms with Crippen LogP contribution in [0.5, 0.6) is 5.75 Å². The lowest BCUT2D eigenvalue weighted by molar-refractivity contribution is 0.134. The lowest BCUT2D eigenvalue weighted by atomic mass is 9.97. The summed E-state index contributed by atoms with van der Waals surface area (Å²) in [5.41, 5.74) is 7.99. The summed E-state index contributed by atoms with van der Waals surface area (Å²) in [6, 6.07) is 5.46. The molecule has 1 aromatic rings. The molecule has 0 fully saturated rings. The van der Waals surface area contributed by atoms with Crippen molar-refractivity contribution in [3.63, 3.8) is 0 Å². The van der Waals surface area contributed by atoms with E-state index in [2.05, 4.69) is 0 Å². The van der Waals surface area contributed by atoms with Crippen molar-refractivity contribution in [3.8, 4) is 5.75 Å². The summed E-state index contributed by atoms with van der Waals surface area (Å²) in [5.74, 6) is 0.848. The fourth-order valence-corrected chi connectivity index (χ4v) is 1.81. The van der Waals surface area contributed by atoms with Gasteiger partial charge in [0.25, 0.3) is 0 Å². The lowest BCUT2D eigenvalue weighted by Crippen LogP contribution is -2.26. The maximum absolute atomic E-state index is 9.83. The molecule has 0 heterocycles. The van der Waals surface area contributed by atoms with Crippen LogP contribution in [0.15, 0.2) is 18.2 Å². The first kappa shape index (κ1) is 16.2. The molecule has 0 aromatic heterocycles. The molecule has 0 aliphatic carbocycles. The Morgan fingerprint density at radius 3 is 2.53 bits per heavy atom. The predicted molar refractivity (Wildman–Crippen MR) is 72.8 cm³/mol. The topological polar surface area (TPSA) is 55.5 Å². The summed E-state index contributed by atoms with van der Waals surface area (Å²) in [7, 11) is 1.65. The second kappa shape index (κ2) is 7.54. The summed E-state index contributed by atoms with van der Waals surface area (Å²) >= 11 is 0. The molecule has 17 heavy (non-hydrogen) atoms. The number of aryl methyl sites for hydroxylation is 1. The summed E-state index contributed by atoms with van der Waals surface area (Å²) in [6.07, 6.45) is 1.19. The molecule has 0 saturated carbocycles. The molecule has 0 saturated heterocycles. The minimum Gasteiger partial charge on any atom is -0.496 e. The summed E-state index contributed by atoms with van der Waals surface area (Å²) < 4.78 is 5.18. The highest BCUT2D eigenvalue weighted by molar-refractivity contribution is 5.85. The third-order valence-corrected chi connectivity index (χ3v) is 2.80. The Bertz CT molecular complexity index is 344. The Morgan fingerprint density at radius 1 is 1.41 bits per heavy atom. The van der Waals surface area contributed by atoms with Crippen molar-refractivity contribution in [2.45, 2.75) is 38.8 Å². The van der Waals surface area contributed by atoms with Gasteiger partial charge in [0.15, 0.2) is 0 Å². The van der Waals surface area contributed by atoms with Crippen LogP contribution in [-0.2, 0) is 0 Å². The SMILES string of the molecule is CCC[C@H](O)[C@H](N)c1ccc(OC)c(C)c1.Cl. The van der Waals surface area contributed by atoms with Crippen LogP contribution in [0.3, 0.4) is 0 Å². The van der Waals surface area contributed by atoms with Crippen LogP contribution in [0.4, 0.5) is 0 Å².